The molecule has 1 aromatic carbocycles. The number of methoxy groups -OCH3 is 2. The van der Waals surface area contributed by atoms with E-state index in [0.717, 1.165) is 11.3 Å². The topological polar surface area (TPSA) is 48.0 Å². The van der Waals surface area contributed by atoms with Gasteiger partial charge in [0.1, 0.15) is 11.5 Å². The van der Waals surface area contributed by atoms with Gasteiger partial charge in [-0.05, 0) is 32.1 Å². The minimum atomic E-state index is -0.0134. The van der Waals surface area contributed by atoms with Crippen molar-refractivity contribution in [3.05, 3.63) is 29.8 Å². The molecule has 0 N–H and O–H groups in total. The van der Waals surface area contributed by atoms with Crippen LogP contribution in [0.3, 0.4) is 0 Å². The van der Waals surface area contributed by atoms with Crippen LogP contribution in [0.25, 0.3) is 6.08 Å². The van der Waals surface area contributed by atoms with Crippen molar-refractivity contribution in [2.75, 3.05) is 27.4 Å². The van der Waals surface area contributed by atoms with E-state index in [1.54, 1.807) is 32.4 Å². The largest absolute Gasteiger partial charge is 0.497 e. The quantitative estimate of drug-likeness (QED) is 0.801. The molecule has 0 aliphatic carbocycles. The van der Waals surface area contributed by atoms with E-state index in [1.165, 1.54) is 0 Å². The monoisotopic (exact) mass is 305 g/mol. The molecule has 1 fully saturated rings. The van der Waals surface area contributed by atoms with E-state index in [1.807, 2.05) is 30.9 Å². The molecule has 22 heavy (non-hydrogen) atoms. The second kappa shape index (κ2) is 7.31. The molecule has 0 aromatic heterocycles. The first-order valence-corrected chi connectivity index (χ1v) is 7.37. The summed E-state index contributed by atoms with van der Waals surface area (Å²) in [6, 6.07) is 5.59. The SMILES string of the molecule is COc1ccc(/C=C/C(=O)N2CC(C)OCC2C)c(OC)c1. The highest BCUT2D eigenvalue weighted by Crippen LogP contribution is 2.25. The number of ether oxygens (including phenoxy) is 3. The lowest BCUT2D eigenvalue weighted by Crippen LogP contribution is -2.49. The van der Waals surface area contributed by atoms with Crippen LogP contribution in [0.1, 0.15) is 19.4 Å². The van der Waals surface area contributed by atoms with Gasteiger partial charge < -0.3 is 19.1 Å². The average Bonchev–Trinajstić information content (AvgIpc) is 2.54. The summed E-state index contributed by atoms with van der Waals surface area (Å²) in [6.45, 7) is 5.16. The Morgan fingerprint density at radius 1 is 1.32 bits per heavy atom. The number of morpholine rings is 1. The fourth-order valence-corrected chi connectivity index (χ4v) is 2.42. The first kappa shape index (κ1) is 16.4. The molecular weight excluding hydrogens is 282 g/mol. The van der Waals surface area contributed by atoms with Gasteiger partial charge in [-0.25, -0.2) is 0 Å². The third-order valence-corrected chi connectivity index (χ3v) is 3.74. The predicted molar refractivity (Wildman–Crippen MR) is 85.2 cm³/mol. The molecule has 2 atom stereocenters. The van der Waals surface area contributed by atoms with Crippen molar-refractivity contribution in [1.29, 1.82) is 0 Å². The second-order valence-corrected chi connectivity index (χ2v) is 5.42. The summed E-state index contributed by atoms with van der Waals surface area (Å²) in [5, 5.41) is 0. The molecule has 0 saturated carbocycles. The van der Waals surface area contributed by atoms with Gasteiger partial charge in [-0.2, -0.15) is 0 Å². The number of amides is 1. The van der Waals surface area contributed by atoms with Crippen LogP contribution in [0.5, 0.6) is 11.5 Å². The fourth-order valence-electron chi connectivity index (χ4n) is 2.42. The molecule has 1 aromatic rings. The Labute approximate surface area is 131 Å². The molecule has 1 saturated heterocycles. The molecule has 0 radical (unpaired) electrons. The van der Waals surface area contributed by atoms with Crippen LogP contribution >= 0.6 is 0 Å². The summed E-state index contributed by atoms with van der Waals surface area (Å²) in [6.07, 6.45) is 3.43. The Morgan fingerprint density at radius 3 is 2.77 bits per heavy atom. The van der Waals surface area contributed by atoms with Crippen molar-refractivity contribution in [2.45, 2.75) is 26.0 Å². The van der Waals surface area contributed by atoms with Gasteiger partial charge >= 0.3 is 0 Å². The van der Waals surface area contributed by atoms with Gasteiger partial charge in [0.2, 0.25) is 5.91 Å². The summed E-state index contributed by atoms with van der Waals surface area (Å²) >= 11 is 0. The number of carbonyl (C=O) groups excluding carboxylic acids is 1. The first-order chi connectivity index (χ1) is 10.5. The maximum atomic E-state index is 12.4. The highest BCUT2D eigenvalue weighted by molar-refractivity contribution is 5.92. The maximum Gasteiger partial charge on any atom is 0.246 e. The lowest BCUT2D eigenvalue weighted by Gasteiger charge is -2.36. The molecule has 1 heterocycles. The van der Waals surface area contributed by atoms with Crippen molar-refractivity contribution in [2.24, 2.45) is 0 Å². The smallest absolute Gasteiger partial charge is 0.246 e. The lowest BCUT2D eigenvalue weighted by molar-refractivity contribution is -0.137. The highest BCUT2D eigenvalue weighted by atomic mass is 16.5. The van der Waals surface area contributed by atoms with E-state index in [0.29, 0.717) is 18.9 Å². The van der Waals surface area contributed by atoms with E-state index in [9.17, 15) is 4.79 Å². The number of hydrogen-bond acceptors (Lipinski definition) is 4. The van der Waals surface area contributed by atoms with Gasteiger partial charge in [0.15, 0.2) is 0 Å². The van der Waals surface area contributed by atoms with Crippen molar-refractivity contribution >= 4 is 12.0 Å². The predicted octanol–water partition coefficient (Wildman–Crippen LogP) is 2.35. The molecule has 0 bridgehead atoms. The Balaban J connectivity index is 2.12. The summed E-state index contributed by atoms with van der Waals surface area (Å²) in [5.41, 5.74) is 0.839. The van der Waals surface area contributed by atoms with Crippen molar-refractivity contribution in [3.8, 4) is 11.5 Å². The normalized spacial score (nSPS) is 21.9. The Hall–Kier alpha value is -2.01. The van der Waals surface area contributed by atoms with Crippen LogP contribution < -0.4 is 9.47 Å². The maximum absolute atomic E-state index is 12.4. The van der Waals surface area contributed by atoms with Gasteiger partial charge in [0.25, 0.3) is 0 Å². The lowest BCUT2D eigenvalue weighted by atomic mass is 10.1. The molecule has 5 nitrogen and oxygen atoms in total. The zero-order chi connectivity index (χ0) is 16.1. The summed E-state index contributed by atoms with van der Waals surface area (Å²) in [7, 11) is 3.20. The zero-order valence-electron chi connectivity index (χ0n) is 13.5. The molecule has 1 amide bonds. The molecule has 1 aliphatic rings. The number of benzene rings is 1. The number of carbonyl (C=O) groups is 1. The van der Waals surface area contributed by atoms with Crippen molar-refractivity contribution in [1.82, 2.24) is 4.90 Å². The van der Waals surface area contributed by atoms with Gasteiger partial charge in [-0.1, -0.05) is 0 Å². The van der Waals surface area contributed by atoms with Crippen LogP contribution in [-0.4, -0.2) is 50.3 Å². The molecule has 5 heteroatoms. The first-order valence-electron chi connectivity index (χ1n) is 7.37. The number of rotatable bonds is 4. The van der Waals surface area contributed by atoms with E-state index < -0.39 is 0 Å². The molecule has 1 aliphatic heterocycles. The summed E-state index contributed by atoms with van der Waals surface area (Å²) < 4.78 is 16.0. The number of hydrogen-bond donors (Lipinski definition) is 0. The molecular formula is C17H23NO4. The Morgan fingerprint density at radius 2 is 2.09 bits per heavy atom. The van der Waals surface area contributed by atoms with Gasteiger partial charge in [-0.15, -0.1) is 0 Å². The molecule has 120 valence electrons. The van der Waals surface area contributed by atoms with Crippen LogP contribution in [0.4, 0.5) is 0 Å². The van der Waals surface area contributed by atoms with Gasteiger partial charge in [-0.3, -0.25) is 4.79 Å². The minimum Gasteiger partial charge on any atom is -0.497 e. The Kier molecular flexibility index (Phi) is 5.44. The van der Waals surface area contributed by atoms with Crippen molar-refractivity contribution in [3.63, 3.8) is 0 Å². The molecule has 0 spiro atoms. The van der Waals surface area contributed by atoms with Crippen LogP contribution in [0.15, 0.2) is 24.3 Å². The molecule has 2 rings (SSSR count). The van der Waals surface area contributed by atoms with E-state index in [-0.39, 0.29) is 18.1 Å². The van der Waals surface area contributed by atoms with Crippen LogP contribution in [-0.2, 0) is 9.53 Å². The van der Waals surface area contributed by atoms with Crippen molar-refractivity contribution < 1.29 is 19.0 Å². The zero-order valence-corrected chi connectivity index (χ0v) is 13.5. The van der Waals surface area contributed by atoms with Crippen LogP contribution in [0, 0.1) is 0 Å². The highest BCUT2D eigenvalue weighted by Gasteiger charge is 2.26. The minimum absolute atomic E-state index is 0.0134. The third kappa shape index (κ3) is 3.80. The fraction of sp³-hybridized carbons (Fsp3) is 0.471. The standard InChI is InChI=1S/C17H23NO4/c1-12-11-22-13(2)10-18(12)17(19)8-6-14-5-7-15(20-3)9-16(14)21-4/h5-9,12-13H,10-11H2,1-4H3/b8-6+. The third-order valence-electron chi connectivity index (χ3n) is 3.74. The van der Waals surface area contributed by atoms with Crippen LogP contribution in [0.2, 0.25) is 0 Å². The molecule has 2 unspecified atom stereocenters. The summed E-state index contributed by atoms with van der Waals surface area (Å²) in [5.74, 6) is 1.38. The van der Waals surface area contributed by atoms with E-state index in [4.69, 9.17) is 14.2 Å². The van der Waals surface area contributed by atoms with E-state index >= 15 is 0 Å². The van der Waals surface area contributed by atoms with Gasteiger partial charge in [0, 0.05) is 24.3 Å². The Bertz CT molecular complexity index is 556. The average molecular weight is 305 g/mol. The van der Waals surface area contributed by atoms with Gasteiger partial charge in [0.05, 0.1) is 33.0 Å². The second-order valence-electron chi connectivity index (χ2n) is 5.42. The number of nitrogens with zero attached hydrogens (tertiary/aromatic N) is 1. The summed E-state index contributed by atoms with van der Waals surface area (Å²) in [4.78, 5) is 14.2. The van der Waals surface area contributed by atoms with E-state index in [2.05, 4.69) is 0 Å².